The van der Waals surface area contributed by atoms with Crippen LogP contribution in [0.2, 0.25) is 0 Å². The van der Waals surface area contributed by atoms with Crippen molar-refractivity contribution in [1.82, 2.24) is 15.0 Å². The van der Waals surface area contributed by atoms with Crippen molar-refractivity contribution in [3.05, 3.63) is 193 Å². The van der Waals surface area contributed by atoms with Crippen LogP contribution in [0.25, 0.3) is 55.7 Å². The molecule has 2 heterocycles. The Labute approximate surface area is 278 Å². The molecular formula is C44H29N3O. The van der Waals surface area contributed by atoms with Gasteiger partial charge in [-0.1, -0.05) is 133 Å². The number of hydrogen-bond donors (Lipinski definition) is 1. The summed E-state index contributed by atoms with van der Waals surface area (Å²) in [5.74, 6) is 0.215. The molecule has 0 spiro atoms. The van der Waals surface area contributed by atoms with E-state index in [1.165, 1.54) is 22.3 Å². The van der Waals surface area contributed by atoms with Crippen molar-refractivity contribution < 1.29 is 5.11 Å². The second-order valence-corrected chi connectivity index (χ2v) is 12.1. The lowest BCUT2D eigenvalue weighted by Gasteiger charge is -2.33. The molecule has 0 unspecified atom stereocenters. The SMILES string of the molecule is Oc1c(-c2ccccc2)cccc1-c1cccc(C2(c3cccc(-c4ncnc5ccccc45)c3)c3ccccc3-c3ccccc32)n1. The largest absolute Gasteiger partial charge is 0.507 e. The first-order chi connectivity index (χ1) is 23.7. The quantitative estimate of drug-likeness (QED) is 0.209. The van der Waals surface area contributed by atoms with Gasteiger partial charge >= 0.3 is 0 Å². The molecule has 1 aliphatic carbocycles. The van der Waals surface area contributed by atoms with Crippen LogP contribution in [-0.2, 0) is 5.41 Å². The van der Waals surface area contributed by atoms with Crippen LogP contribution >= 0.6 is 0 Å². The van der Waals surface area contributed by atoms with Gasteiger partial charge in [0.1, 0.15) is 12.1 Å². The summed E-state index contributed by atoms with van der Waals surface area (Å²) in [5, 5.41) is 12.7. The summed E-state index contributed by atoms with van der Waals surface area (Å²) >= 11 is 0. The maximum atomic E-state index is 11.6. The van der Waals surface area contributed by atoms with Crippen molar-refractivity contribution in [1.29, 1.82) is 0 Å². The number of aromatic nitrogens is 3. The van der Waals surface area contributed by atoms with Crippen molar-refractivity contribution in [3.63, 3.8) is 0 Å². The number of fused-ring (bicyclic) bond motifs is 4. The second-order valence-electron chi connectivity index (χ2n) is 12.1. The molecule has 0 bridgehead atoms. The minimum Gasteiger partial charge on any atom is -0.507 e. The van der Waals surface area contributed by atoms with Gasteiger partial charge in [0, 0.05) is 22.1 Å². The minimum absolute atomic E-state index is 0.215. The zero-order valence-electron chi connectivity index (χ0n) is 26.0. The van der Waals surface area contributed by atoms with Crippen LogP contribution in [0.3, 0.4) is 0 Å². The molecule has 1 N–H and O–H groups in total. The average Bonchev–Trinajstić information content (AvgIpc) is 3.46. The molecule has 4 heteroatoms. The first-order valence-corrected chi connectivity index (χ1v) is 16.1. The van der Waals surface area contributed by atoms with Crippen molar-refractivity contribution in [2.45, 2.75) is 5.41 Å². The van der Waals surface area contributed by atoms with Gasteiger partial charge in [-0.05, 0) is 63.7 Å². The lowest BCUT2D eigenvalue weighted by Crippen LogP contribution is -2.30. The molecule has 4 nitrogen and oxygen atoms in total. The summed E-state index contributed by atoms with van der Waals surface area (Å²) in [5.41, 5.74) is 11.9. The fourth-order valence-electron chi connectivity index (χ4n) is 7.50. The molecule has 0 aliphatic heterocycles. The molecule has 2 aromatic heterocycles. The minimum atomic E-state index is -0.727. The highest BCUT2D eigenvalue weighted by atomic mass is 16.3. The zero-order valence-corrected chi connectivity index (χ0v) is 26.0. The molecule has 0 radical (unpaired) electrons. The Bertz CT molecular complexity index is 2440. The van der Waals surface area contributed by atoms with E-state index >= 15 is 0 Å². The van der Waals surface area contributed by atoms with Crippen LogP contribution in [0.4, 0.5) is 0 Å². The number of rotatable bonds is 5. The Hall–Kier alpha value is -6.39. The summed E-state index contributed by atoms with van der Waals surface area (Å²) in [4.78, 5) is 14.7. The van der Waals surface area contributed by atoms with E-state index in [2.05, 4.69) is 96.0 Å². The molecule has 0 amide bonds. The lowest BCUT2D eigenvalue weighted by atomic mass is 9.69. The van der Waals surface area contributed by atoms with Gasteiger partial charge in [0.25, 0.3) is 0 Å². The highest BCUT2D eigenvalue weighted by Gasteiger charge is 2.47. The van der Waals surface area contributed by atoms with Gasteiger partial charge < -0.3 is 5.11 Å². The number of nitrogens with zero attached hydrogens (tertiary/aromatic N) is 3. The molecule has 0 saturated carbocycles. The van der Waals surface area contributed by atoms with Crippen LogP contribution in [0, 0.1) is 0 Å². The van der Waals surface area contributed by atoms with Gasteiger partial charge in [0.2, 0.25) is 0 Å². The third kappa shape index (κ3) is 4.20. The standard InChI is InChI=1S/C44H29N3O/c48-43-32(29-13-2-1-3-14-29)20-11-21-36(43)40-25-12-26-41(47-40)44(37-22-7-4-17-33(37)34-18-5-8-23-38(34)44)31-16-10-15-30(27-31)42-35-19-6-9-24-39(35)45-28-46-42/h1-28,48H. The van der Waals surface area contributed by atoms with E-state index in [1.807, 2.05) is 72.8 Å². The maximum Gasteiger partial charge on any atom is 0.132 e. The fraction of sp³-hybridized carbons (Fsp3) is 0.0227. The number of para-hydroxylation sites is 2. The Morgan fingerprint density at radius 3 is 1.92 bits per heavy atom. The van der Waals surface area contributed by atoms with E-state index < -0.39 is 5.41 Å². The van der Waals surface area contributed by atoms with Gasteiger partial charge in [0.15, 0.2) is 0 Å². The number of hydrogen-bond acceptors (Lipinski definition) is 4. The van der Waals surface area contributed by atoms with Crippen LogP contribution in [0.5, 0.6) is 5.75 Å². The topological polar surface area (TPSA) is 58.9 Å². The van der Waals surface area contributed by atoms with Gasteiger partial charge in [-0.15, -0.1) is 0 Å². The normalized spacial score (nSPS) is 12.8. The van der Waals surface area contributed by atoms with E-state index in [0.717, 1.165) is 44.5 Å². The maximum absolute atomic E-state index is 11.6. The summed E-state index contributed by atoms with van der Waals surface area (Å²) < 4.78 is 0. The molecule has 0 saturated heterocycles. The highest BCUT2D eigenvalue weighted by Crippen LogP contribution is 2.56. The summed E-state index contributed by atoms with van der Waals surface area (Å²) in [6, 6.07) is 56.1. The Kier molecular flexibility index (Phi) is 6.47. The van der Waals surface area contributed by atoms with Crippen LogP contribution in [0.1, 0.15) is 22.4 Å². The van der Waals surface area contributed by atoms with E-state index in [4.69, 9.17) is 9.97 Å². The second kappa shape index (κ2) is 11.1. The predicted octanol–water partition coefficient (Wildman–Crippen LogP) is 10.1. The molecule has 8 aromatic rings. The molecule has 0 fully saturated rings. The van der Waals surface area contributed by atoms with Crippen molar-refractivity contribution in [3.8, 4) is 50.5 Å². The molecular weight excluding hydrogens is 587 g/mol. The van der Waals surface area contributed by atoms with Gasteiger partial charge in [-0.2, -0.15) is 0 Å². The number of aromatic hydroxyl groups is 1. The van der Waals surface area contributed by atoms with E-state index in [-0.39, 0.29) is 5.75 Å². The van der Waals surface area contributed by atoms with E-state index in [0.29, 0.717) is 11.3 Å². The summed E-state index contributed by atoms with van der Waals surface area (Å²) in [6.07, 6.45) is 1.64. The number of benzene rings is 6. The van der Waals surface area contributed by atoms with Gasteiger partial charge in [-0.3, -0.25) is 4.98 Å². The van der Waals surface area contributed by atoms with Crippen molar-refractivity contribution in [2.75, 3.05) is 0 Å². The zero-order chi connectivity index (χ0) is 32.1. The third-order valence-corrected chi connectivity index (χ3v) is 9.59. The Morgan fingerprint density at radius 2 is 1.10 bits per heavy atom. The number of phenols is 1. The highest BCUT2D eigenvalue weighted by molar-refractivity contribution is 5.93. The van der Waals surface area contributed by atoms with Crippen LogP contribution in [0.15, 0.2) is 170 Å². The third-order valence-electron chi connectivity index (χ3n) is 9.59. The fourth-order valence-corrected chi connectivity index (χ4v) is 7.50. The van der Waals surface area contributed by atoms with Crippen molar-refractivity contribution >= 4 is 10.9 Å². The van der Waals surface area contributed by atoms with E-state index in [9.17, 15) is 5.11 Å². The summed E-state index contributed by atoms with van der Waals surface area (Å²) in [7, 11) is 0. The molecule has 0 atom stereocenters. The first-order valence-electron chi connectivity index (χ1n) is 16.1. The molecule has 6 aromatic carbocycles. The predicted molar refractivity (Wildman–Crippen MR) is 193 cm³/mol. The van der Waals surface area contributed by atoms with Gasteiger partial charge in [-0.25, -0.2) is 9.97 Å². The van der Waals surface area contributed by atoms with E-state index in [1.54, 1.807) is 6.33 Å². The van der Waals surface area contributed by atoms with Gasteiger partial charge in [0.05, 0.1) is 28.0 Å². The molecule has 48 heavy (non-hydrogen) atoms. The number of phenolic OH excluding ortho intramolecular Hbond substituents is 1. The average molecular weight is 616 g/mol. The van der Waals surface area contributed by atoms with Crippen LogP contribution < -0.4 is 0 Å². The molecule has 9 rings (SSSR count). The Balaban J connectivity index is 1.31. The Morgan fingerprint density at radius 1 is 0.479 bits per heavy atom. The smallest absolute Gasteiger partial charge is 0.132 e. The molecule has 1 aliphatic rings. The summed E-state index contributed by atoms with van der Waals surface area (Å²) in [6.45, 7) is 0. The number of pyridine rings is 1. The van der Waals surface area contributed by atoms with Crippen molar-refractivity contribution in [2.24, 2.45) is 0 Å². The van der Waals surface area contributed by atoms with Crippen LogP contribution in [-0.4, -0.2) is 20.1 Å². The lowest BCUT2D eigenvalue weighted by molar-refractivity contribution is 0.479. The molecule has 226 valence electrons. The monoisotopic (exact) mass is 615 g/mol. The first kappa shape index (κ1) is 27.9.